The molecule has 0 atom stereocenters. The molecule has 0 heterocycles. The van der Waals surface area contributed by atoms with E-state index in [2.05, 4.69) is 41.5 Å². The quantitative estimate of drug-likeness (QED) is 0.0408. The fourth-order valence-electron chi connectivity index (χ4n) is 15.8. The Morgan fingerprint density at radius 1 is 0.107 bits per heavy atom. The number of carboxylic acids is 6. The summed E-state index contributed by atoms with van der Waals surface area (Å²) in [5.74, 6) is -5.42. The van der Waals surface area contributed by atoms with Gasteiger partial charge in [-0.05, 0) is 77.0 Å². The maximum atomic E-state index is 10.2. The monoisotopic (exact) mass is 1750 g/mol. The number of rotatable bonds is 96. The first kappa shape index (κ1) is 135. The first-order valence-electron chi connectivity index (χ1n) is 53.8. The molecule has 0 radical (unpaired) electrons. The van der Waals surface area contributed by atoms with Crippen LogP contribution >= 0.6 is 0 Å². The van der Waals surface area contributed by atoms with Crippen LogP contribution < -0.4 is 30.6 Å². The van der Waals surface area contributed by atoms with Gasteiger partial charge in [0.25, 0.3) is 0 Å². The average molecular weight is 1750 g/mol. The van der Waals surface area contributed by atoms with E-state index >= 15 is 0 Å². The van der Waals surface area contributed by atoms with Crippen molar-refractivity contribution in [3.63, 3.8) is 0 Å². The molecule has 12 nitrogen and oxygen atoms in total. The van der Waals surface area contributed by atoms with Gasteiger partial charge in [-0.2, -0.15) is 0 Å². The van der Waals surface area contributed by atoms with Crippen LogP contribution in [0.25, 0.3) is 0 Å². The van der Waals surface area contributed by atoms with Crippen molar-refractivity contribution < 1.29 is 59.4 Å². The summed E-state index contributed by atoms with van der Waals surface area (Å²) in [7, 11) is 0. The summed E-state index contributed by atoms with van der Waals surface area (Å²) in [6.45, 7) is 13.6. The van der Waals surface area contributed by atoms with Crippen molar-refractivity contribution >= 4 is 70.5 Å². The second-order valence-electron chi connectivity index (χ2n) is 36.4. The van der Waals surface area contributed by atoms with Crippen LogP contribution in [-0.4, -0.2) is 70.5 Å². The molecule has 0 fully saturated rings. The molecule has 0 aromatic carbocycles. The molecule has 0 aromatic heterocycles. The molecule has 0 aliphatic heterocycles. The summed E-state index contributed by atoms with van der Waals surface area (Å²) in [5, 5.41) is 61.3. The van der Waals surface area contributed by atoms with Gasteiger partial charge in [-0.3, -0.25) is 0 Å². The van der Waals surface area contributed by atoms with Gasteiger partial charge in [0.15, 0.2) is 0 Å². The van der Waals surface area contributed by atoms with Gasteiger partial charge >= 0.3 is 34.7 Å². The standard InChI is InChI=1S/6C18H36O2.2Al/c6*1-2-3-4-5-6-7-8-9-10-11-12-13-14-15-16-17-18(19)20;;/h6*2-17H2,1H3,(H,19,20);;/q;;;;;;2*+3/p-6. The summed E-state index contributed by atoms with van der Waals surface area (Å²) in [6.07, 6.45) is 119. The third kappa shape index (κ3) is 161. The van der Waals surface area contributed by atoms with Crippen LogP contribution in [0.5, 0.6) is 0 Å². The van der Waals surface area contributed by atoms with Gasteiger partial charge in [-0.1, -0.05) is 581 Å². The Hall–Kier alpha value is -2.12. The fraction of sp³-hybridized carbons (Fsp3) is 0.944. The number of unbranched alkanes of at least 4 members (excludes halogenated alkanes) is 84. The van der Waals surface area contributed by atoms with E-state index in [9.17, 15) is 59.4 Å². The first-order valence-corrected chi connectivity index (χ1v) is 53.8. The summed E-state index contributed by atoms with van der Waals surface area (Å²) in [4.78, 5) is 61.3. The molecule has 0 aromatic rings. The van der Waals surface area contributed by atoms with E-state index in [4.69, 9.17) is 0 Å². The number of carboxylic acid groups (broad SMARTS) is 6. The molecule has 720 valence electrons. The zero-order valence-corrected chi connectivity index (χ0v) is 85.2. The molecule has 0 bridgehead atoms. The molecule has 0 spiro atoms. The molecule has 0 saturated heterocycles. The van der Waals surface area contributed by atoms with Crippen molar-refractivity contribution in [2.24, 2.45) is 0 Å². The van der Waals surface area contributed by atoms with E-state index < -0.39 is 35.8 Å². The second-order valence-corrected chi connectivity index (χ2v) is 36.4. The Balaban J connectivity index is -0.000000212. The van der Waals surface area contributed by atoms with Gasteiger partial charge in [0.2, 0.25) is 0 Å². The number of hydrogen-bond donors (Lipinski definition) is 0. The maximum absolute atomic E-state index is 10.2. The number of aliphatic carboxylic acids is 6. The predicted octanol–water partition coefficient (Wildman–Crippen LogP) is 29.2. The predicted molar refractivity (Wildman–Crippen MR) is 519 cm³/mol. The first-order chi connectivity index (χ1) is 58.6. The van der Waals surface area contributed by atoms with Crippen molar-refractivity contribution in [3.05, 3.63) is 0 Å². The molecule has 0 amide bonds. The van der Waals surface area contributed by atoms with Crippen LogP contribution in [0.3, 0.4) is 0 Å². The van der Waals surface area contributed by atoms with Gasteiger partial charge in [0.05, 0.1) is 0 Å². The Bertz CT molecular complexity index is 1570. The van der Waals surface area contributed by atoms with Crippen LogP contribution in [0.15, 0.2) is 0 Å². The van der Waals surface area contributed by atoms with Crippen LogP contribution in [0.4, 0.5) is 0 Å². The second kappa shape index (κ2) is 132. The number of carbonyl (C=O) groups excluding carboxylic acids is 6. The van der Waals surface area contributed by atoms with E-state index in [0.717, 1.165) is 77.0 Å². The van der Waals surface area contributed by atoms with Crippen LogP contribution in [0.2, 0.25) is 0 Å². The van der Waals surface area contributed by atoms with Crippen molar-refractivity contribution in [2.45, 2.75) is 658 Å². The van der Waals surface area contributed by atoms with Gasteiger partial charge < -0.3 is 59.4 Å². The number of carbonyl (C=O) groups is 6. The van der Waals surface area contributed by atoms with E-state index in [1.165, 1.54) is 501 Å². The minimum atomic E-state index is -0.903. The fourth-order valence-corrected chi connectivity index (χ4v) is 15.8. The van der Waals surface area contributed by atoms with Crippen molar-refractivity contribution in [3.8, 4) is 0 Å². The largest absolute Gasteiger partial charge is 3.00 e. The van der Waals surface area contributed by atoms with Crippen LogP contribution in [0, 0.1) is 0 Å². The summed E-state index contributed by atoms with van der Waals surface area (Å²) in [5.41, 5.74) is 0. The van der Waals surface area contributed by atoms with E-state index in [0.29, 0.717) is 0 Å². The molecule has 0 unspecified atom stereocenters. The van der Waals surface area contributed by atoms with Crippen molar-refractivity contribution in [1.29, 1.82) is 0 Å². The zero-order valence-electron chi connectivity index (χ0n) is 82.9. The summed E-state index contributed by atoms with van der Waals surface area (Å²) in [6, 6.07) is 0. The number of hydrogen-bond acceptors (Lipinski definition) is 12. The zero-order chi connectivity index (χ0) is 89.3. The van der Waals surface area contributed by atoms with E-state index in [1.807, 2.05) is 0 Å². The molecular weight excluding hydrogens is 1540 g/mol. The Kier molecular flexibility index (Phi) is 146. The molecular formula is C108H210Al2O12. The van der Waals surface area contributed by atoms with Gasteiger partial charge in [-0.15, -0.1) is 0 Å². The summed E-state index contributed by atoms with van der Waals surface area (Å²) >= 11 is 0. The Morgan fingerprint density at radius 3 is 0.205 bits per heavy atom. The average Bonchev–Trinajstić information content (AvgIpc) is 1.20. The smallest absolute Gasteiger partial charge is 0.550 e. The topological polar surface area (TPSA) is 241 Å². The molecule has 122 heavy (non-hydrogen) atoms. The Labute approximate surface area is 782 Å². The van der Waals surface area contributed by atoms with Gasteiger partial charge in [0.1, 0.15) is 0 Å². The third-order valence-corrected chi connectivity index (χ3v) is 23.9. The van der Waals surface area contributed by atoms with Gasteiger partial charge in [0, 0.05) is 35.8 Å². The van der Waals surface area contributed by atoms with Crippen molar-refractivity contribution in [1.82, 2.24) is 0 Å². The maximum Gasteiger partial charge on any atom is 3.00 e. The Morgan fingerprint density at radius 2 is 0.156 bits per heavy atom. The normalized spacial score (nSPS) is 10.7. The third-order valence-electron chi connectivity index (χ3n) is 23.9. The minimum Gasteiger partial charge on any atom is -0.550 e. The molecule has 0 aliphatic rings. The molecule has 0 aliphatic carbocycles. The van der Waals surface area contributed by atoms with Crippen molar-refractivity contribution in [2.75, 3.05) is 0 Å². The molecule has 0 saturated carbocycles. The minimum absolute atomic E-state index is 0. The van der Waals surface area contributed by atoms with Crippen LogP contribution in [-0.2, 0) is 28.8 Å². The van der Waals surface area contributed by atoms with Crippen LogP contribution in [0.1, 0.15) is 658 Å². The molecule has 14 heteroatoms. The SMILES string of the molecule is CCCCCCCCCCCCCCCCCC(=O)[O-].CCCCCCCCCCCCCCCCCC(=O)[O-].CCCCCCCCCCCCCCCCCC(=O)[O-].CCCCCCCCCCCCCCCCCC(=O)[O-].CCCCCCCCCCCCCCCCCC(=O)[O-].CCCCCCCCCCCCCCCCCC(=O)[O-].[Al+3].[Al+3]. The van der Waals surface area contributed by atoms with Gasteiger partial charge in [-0.25, -0.2) is 0 Å². The van der Waals surface area contributed by atoms with E-state index in [1.54, 1.807) is 0 Å². The molecule has 0 N–H and O–H groups in total. The van der Waals surface area contributed by atoms with E-state index in [-0.39, 0.29) is 73.2 Å². The molecule has 0 rings (SSSR count). The summed E-state index contributed by atoms with van der Waals surface area (Å²) < 4.78 is 0.